The van der Waals surface area contributed by atoms with Crippen LogP contribution < -0.4 is 5.32 Å². The van der Waals surface area contributed by atoms with Crippen LogP contribution in [0.1, 0.15) is 28.7 Å². The predicted molar refractivity (Wildman–Crippen MR) is 118 cm³/mol. The summed E-state index contributed by atoms with van der Waals surface area (Å²) in [5, 5.41) is 2.48. The van der Waals surface area contributed by atoms with Crippen LogP contribution in [0.3, 0.4) is 0 Å². The molecule has 34 heavy (non-hydrogen) atoms. The summed E-state index contributed by atoms with van der Waals surface area (Å²) in [7, 11) is -2.41. The summed E-state index contributed by atoms with van der Waals surface area (Å²) in [6, 6.07) is 8.50. The average molecular weight is 497 g/mol. The van der Waals surface area contributed by atoms with Gasteiger partial charge in [0, 0.05) is 38.3 Å². The van der Waals surface area contributed by atoms with Crippen molar-refractivity contribution in [2.75, 3.05) is 13.1 Å². The number of aryl methyl sites for hydroxylation is 2. The van der Waals surface area contributed by atoms with E-state index in [4.69, 9.17) is 0 Å². The first kappa shape index (κ1) is 24.4. The molecule has 0 saturated carbocycles. The van der Waals surface area contributed by atoms with E-state index in [1.165, 1.54) is 53.5 Å². The normalized spacial score (nSPS) is 20.5. The second kappa shape index (κ2) is 9.12. The maximum atomic E-state index is 14.1. The Labute approximate surface area is 195 Å². The molecule has 0 radical (unpaired) electrons. The fraction of sp³-hybridized carbons (Fsp3) is 0.348. The number of nitrogens with one attached hydrogen (secondary N) is 1. The molecule has 0 bridgehead atoms. The van der Waals surface area contributed by atoms with Gasteiger partial charge < -0.3 is 4.57 Å². The first-order valence-corrected chi connectivity index (χ1v) is 12.0. The lowest BCUT2D eigenvalue weighted by Gasteiger charge is -2.28. The molecule has 4 rings (SSSR count). The molecule has 1 fully saturated rings. The molecular formula is C23H24F4N4O2S. The number of imidazole rings is 1. The van der Waals surface area contributed by atoms with E-state index in [0.717, 1.165) is 9.87 Å². The molecule has 1 unspecified atom stereocenters. The van der Waals surface area contributed by atoms with Gasteiger partial charge in [-0.15, -0.1) is 0 Å². The lowest BCUT2D eigenvalue weighted by Crippen LogP contribution is -2.44. The van der Waals surface area contributed by atoms with Gasteiger partial charge >= 0.3 is 6.18 Å². The molecule has 1 N–H and O–H groups in total. The topological polar surface area (TPSA) is 67.2 Å². The summed E-state index contributed by atoms with van der Waals surface area (Å²) in [6.45, 7) is 1.52. The number of halogens is 4. The number of sulfonamides is 1. The quantitative estimate of drug-likeness (QED) is 0.526. The summed E-state index contributed by atoms with van der Waals surface area (Å²) in [4.78, 5) is 3.91. The lowest BCUT2D eigenvalue weighted by molar-refractivity contribution is -0.159. The molecule has 0 amide bonds. The van der Waals surface area contributed by atoms with Crippen LogP contribution in [0.25, 0.3) is 0 Å². The van der Waals surface area contributed by atoms with Crippen LogP contribution >= 0.6 is 0 Å². The average Bonchev–Trinajstić information content (AvgIpc) is 3.40. The fourth-order valence-electron chi connectivity index (χ4n) is 4.19. The van der Waals surface area contributed by atoms with Gasteiger partial charge in [0.05, 0.1) is 6.33 Å². The highest BCUT2D eigenvalue weighted by atomic mass is 32.2. The number of hydrogen-bond donors (Lipinski definition) is 1. The highest BCUT2D eigenvalue weighted by Crippen LogP contribution is 2.37. The first-order chi connectivity index (χ1) is 15.9. The van der Waals surface area contributed by atoms with Gasteiger partial charge in [-0.1, -0.05) is 42.0 Å². The van der Waals surface area contributed by atoms with Crippen molar-refractivity contribution in [1.82, 2.24) is 19.2 Å². The van der Waals surface area contributed by atoms with E-state index in [2.05, 4.69) is 10.3 Å². The van der Waals surface area contributed by atoms with Crippen molar-refractivity contribution in [3.63, 3.8) is 0 Å². The van der Waals surface area contributed by atoms with Crippen molar-refractivity contribution in [3.8, 4) is 0 Å². The minimum absolute atomic E-state index is 0.0296. The summed E-state index contributed by atoms with van der Waals surface area (Å²) in [5.74, 6) is -1.12. The Hall–Kier alpha value is -2.76. The molecule has 1 aromatic heterocycles. The fourth-order valence-corrected chi connectivity index (χ4v) is 5.65. The number of alkyl halides is 3. The lowest BCUT2D eigenvalue weighted by atomic mass is 9.93. The Morgan fingerprint density at radius 1 is 1.06 bits per heavy atom. The SMILES string of the molecule is Cc1ccc(C(N[C@H]2CN(S(=O)(=O)c3cn(C)cn3)C[C@@H]2c2ccc(F)cc2)C(F)(F)F)cc1. The van der Waals surface area contributed by atoms with E-state index in [0.29, 0.717) is 5.56 Å². The summed E-state index contributed by atoms with van der Waals surface area (Å²) < 4.78 is 84.7. The van der Waals surface area contributed by atoms with E-state index < -0.39 is 40.0 Å². The standard InChI is InChI=1S/C23H24F4N4O2S/c1-15-3-5-17(6-4-15)22(23(25,26)27)29-20-12-31(34(32,33)21-13-30(2)14-28-21)11-19(20)16-7-9-18(24)10-8-16/h3-10,13-14,19-20,22,29H,11-12H2,1-2H3/t19-,20+,22?/m1/s1. The van der Waals surface area contributed by atoms with Crippen LogP contribution in [-0.4, -0.2) is 47.6 Å². The minimum Gasteiger partial charge on any atom is -0.339 e. The van der Waals surface area contributed by atoms with Gasteiger partial charge in [0.2, 0.25) is 0 Å². The van der Waals surface area contributed by atoms with Crippen molar-refractivity contribution in [3.05, 3.63) is 83.6 Å². The van der Waals surface area contributed by atoms with Crippen LogP contribution in [0, 0.1) is 12.7 Å². The van der Waals surface area contributed by atoms with E-state index in [9.17, 15) is 26.0 Å². The third-order valence-corrected chi connectivity index (χ3v) is 7.71. The van der Waals surface area contributed by atoms with E-state index in [1.807, 2.05) is 0 Å². The van der Waals surface area contributed by atoms with Crippen molar-refractivity contribution in [2.45, 2.75) is 36.1 Å². The molecule has 11 heteroatoms. The van der Waals surface area contributed by atoms with Crippen LogP contribution in [0.4, 0.5) is 17.6 Å². The van der Waals surface area contributed by atoms with E-state index >= 15 is 0 Å². The zero-order chi connectivity index (χ0) is 24.7. The molecule has 6 nitrogen and oxygen atoms in total. The Balaban J connectivity index is 1.69. The number of aromatic nitrogens is 2. The maximum Gasteiger partial charge on any atom is 0.407 e. The Morgan fingerprint density at radius 3 is 2.26 bits per heavy atom. The van der Waals surface area contributed by atoms with Crippen molar-refractivity contribution >= 4 is 10.0 Å². The molecule has 0 aliphatic carbocycles. The largest absolute Gasteiger partial charge is 0.407 e. The summed E-state index contributed by atoms with van der Waals surface area (Å²) in [5.41, 5.74) is 1.40. The van der Waals surface area contributed by atoms with Gasteiger partial charge in [-0.25, -0.2) is 17.8 Å². The molecule has 1 aliphatic rings. The molecule has 0 spiro atoms. The minimum atomic E-state index is -4.62. The number of nitrogens with zero attached hydrogens (tertiary/aromatic N) is 3. The Morgan fingerprint density at radius 2 is 1.71 bits per heavy atom. The highest BCUT2D eigenvalue weighted by Gasteiger charge is 2.47. The van der Waals surface area contributed by atoms with Crippen LogP contribution in [0.5, 0.6) is 0 Å². The predicted octanol–water partition coefficient (Wildman–Crippen LogP) is 3.92. The molecule has 1 saturated heterocycles. The second-order valence-electron chi connectivity index (χ2n) is 8.52. The van der Waals surface area contributed by atoms with Gasteiger partial charge in [0.25, 0.3) is 10.0 Å². The van der Waals surface area contributed by atoms with Crippen LogP contribution in [-0.2, 0) is 17.1 Å². The molecule has 182 valence electrons. The zero-order valence-corrected chi connectivity index (χ0v) is 19.3. The van der Waals surface area contributed by atoms with Crippen LogP contribution in [0.2, 0.25) is 0 Å². The maximum absolute atomic E-state index is 14.1. The third-order valence-electron chi connectivity index (χ3n) is 5.99. The van der Waals surface area contributed by atoms with Gasteiger partial charge in [0.15, 0.2) is 5.03 Å². The van der Waals surface area contributed by atoms with E-state index in [1.54, 1.807) is 26.1 Å². The molecule has 2 heterocycles. The molecule has 2 aromatic carbocycles. The zero-order valence-electron chi connectivity index (χ0n) is 18.5. The van der Waals surface area contributed by atoms with Gasteiger partial charge in [0.1, 0.15) is 11.9 Å². The monoisotopic (exact) mass is 496 g/mol. The molecule has 3 aromatic rings. The number of rotatable bonds is 6. The third kappa shape index (κ3) is 5.01. The van der Waals surface area contributed by atoms with Gasteiger partial charge in [-0.05, 0) is 30.2 Å². The summed E-state index contributed by atoms with van der Waals surface area (Å²) in [6.07, 6.45) is -1.93. The van der Waals surface area contributed by atoms with Crippen LogP contribution in [0.15, 0.2) is 66.1 Å². The molecule has 3 atom stereocenters. The van der Waals surface area contributed by atoms with Gasteiger partial charge in [-0.3, -0.25) is 5.32 Å². The second-order valence-corrected chi connectivity index (χ2v) is 10.4. The summed E-state index contributed by atoms with van der Waals surface area (Å²) >= 11 is 0. The number of hydrogen-bond acceptors (Lipinski definition) is 4. The highest BCUT2D eigenvalue weighted by molar-refractivity contribution is 7.89. The first-order valence-electron chi connectivity index (χ1n) is 10.6. The van der Waals surface area contributed by atoms with Crippen molar-refractivity contribution in [1.29, 1.82) is 0 Å². The molecule has 1 aliphatic heterocycles. The van der Waals surface area contributed by atoms with Gasteiger partial charge in [-0.2, -0.15) is 17.5 Å². The molecular weight excluding hydrogens is 472 g/mol. The Bertz CT molecular complexity index is 1240. The van der Waals surface area contributed by atoms with Crippen molar-refractivity contribution < 1.29 is 26.0 Å². The Kier molecular flexibility index (Phi) is 6.54. The smallest absolute Gasteiger partial charge is 0.339 e. The van der Waals surface area contributed by atoms with Crippen molar-refractivity contribution in [2.24, 2.45) is 7.05 Å². The number of benzene rings is 2. The van der Waals surface area contributed by atoms with E-state index in [-0.39, 0.29) is 23.7 Å².